The van der Waals surface area contributed by atoms with Crippen LogP contribution in [0.1, 0.15) is 37.8 Å². The summed E-state index contributed by atoms with van der Waals surface area (Å²) in [6, 6.07) is 14.1. The largest absolute Gasteiger partial charge is 0.484 e. The summed E-state index contributed by atoms with van der Waals surface area (Å²) in [5, 5.41) is 3.51. The van der Waals surface area contributed by atoms with Gasteiger partial charge in [-0.05, 0) is 55.7 Å². The van der Waals surface area contributed by atoms with Crippen LogP contribution < -0.4 is 10.1 Å². The molecule has 29 heavy (non-hydrogen) atoms. The molecule has 0 heterocycles. The van der Waals surface area contributed by atoms with Crippen LogP contribution in [-0.4, -0.2) is 35.9 Å². The topological polar surface area (TPSA) is 58.6 Å². The highest BCUT2D eigenvalue weighted by Crippen LogP contribution is 2.17. The molecule has 0 aliphatic rings. The first-order chi connectivity index (χ1) is 13.9. The molecule has 0 fully saturated rings. The normalized spacial score (nSPS) is 11.6. The van der Waals surface area contributed by atoms with Gasteiger partial charge in [0.25, 0.3) is 5.91 Å². The van der Waals surface area contributed by atoms with E-state index in [0.717, 1.165) is 24.0 Å². The zero-order chi connectivity index (χ0) is 21.2. The van der Waals surface area contributed by atoms with E-state index < -0.39 is 6.04 Å². The molecule has 2 rings (SSSR count). The molecule has 2 aromatic rings. The van der Waals surface area contributed by atoms with Crippen molar-refractivity contribution in [2.45, 2.75) is 46.2 Å². The summed E-state index contributed by atoms with van der Waals surface area (Å²) < 4.78 is 5.62. The molecule has 0 saturated carbocycles. The van der Waals surface area contributed by atoms with Gasteiger partial charge in [0.05, 0.1) is 0 Å². The van der Waals surface area contributed by atoms with Gasteiger partial charge in [-0.2, -0.15) is 0 Å². The second kappa shape index (κ2) is 11.5. The zero-order valence-corrected chi connectivity index (χ0v) is 18.0. The molecule has 6 heteroatoms. The number of ether oxygens (including phenoxy) is 1. The van der Waals surface area contributed by atoms with E-state index in [1.807, 2.05) is 31.2 Å². The highest BCUT2D eigenvalue weighted by atomic mass is 35.5. The number of carbonyl (C=O) groups is 2. The maximum Gasteiger partial charge on any atom is 0.261 e. The third-order valence-electron chi connectivity index (χ3n) is 4.77. The average molecular weight is 417 g/mol. The van der Waals surface area contributed by atoms with E-state index in [-0.39, 0.29) is 18.4 Å². The van der Waals surface area contributed by atoms with Gasteiger partial charge in [-0.15, -0.1) is 0 Å². The van der Waals surface area contributed by atoms with Gasteiger partial charge in [-0.25, -0.2) is 0 Å². The summed E-state index contributed by atoms with van der Waals surface area (Å²) in [6.45, 7) is 6.61. The van der Waals surface area contributed by atoms with Gasteiger partial charge in [-0.1, -0.05) is 49.2 Å². The maximum atomic E-state index is 13.0. The number of nitrogens with one attached hydrogen (secondary N) is 1. The Morgan fingerprint density at radius 1 is 1.14 bits per heavy atom. The Labute approximate surface area is 178 Å². The van der Waals surface area contributed by atoms with Crippen molar-refractivity contribution in [3.05, 3.63) is 64.7 Å². The van der Waals surface area contributed by atoms with Crippen molar-refractivity contribution in [3.8, 4) is 5.75 Å². The molecule has 2 aromatic carbocycles. The molecule has 0 radical (unpaired) electrons. The lowest BCUT2D eigenvalue weighted by Crippen LogP contribution is -2.49. The van der Waals surface area contributed by atoms with Crippen LogP contribution in [0.15, 0.2) is 48.5 Å². The Kier molecular flexibility index (Phi) is 9.00. The fourth-order valence-electron chi connectivity index (χ4n) is 2.85. The third kappa shape index (κ3) is 7.09. The molecule has 156 valence electrons. The van der Waals surface area contributed by atoms with Crippen molar-refractivity contribution in [2.24, 2.45) is 0 Å². The number of hydrogen-bond acceptors (Lipinski definition) is 3. The molecule has 0 saturated heterocycles. The molecule has 0 aliphatic heterocycles. The number of benzene rings is 2. The smallest absolute Gasteiger partial charge is 0.261 e. The van der Waals surface area contributed by atoms with Crippen LogP contribution in [-0.2, 0) is 16.1 Å². The highest BCUT2D eigenvalue weighted by molar-refractivity contribution is 6.30. The van der Waals surface area contributed by atoms with Gasteiger partial charge in [-0.3, -0.25) is 9.59 Å². The van der Waals surface area contributed by atoms with Crippen LogP contribution in [0.25, 0.3) is 0 Å². The molecule has 1 atom stereocenters. The number of aryl methyl sites for hydroxylation is 1. The Balaban J connectivity index is 2.11. The van der Waals surface area contributed by atoms with Crippen molar-refractivity contribution in [1.29, 1.82) is 0 Å². The summed E-state index contributed by atoms with van der Waals surface area (Å²) >= 11 is 5.88. The fourth-order valence-corrected chi connectivity index (χ4v) is 2.97. The summed E-state index contributed by atoms with van der Waals surface area (Å²) in [7, 11) is 0. The molecule has 5 nitrogen and oxygen atoms in total. The minimum absolute atomic E-state index is 0.153. The SMILES string of the molecule is CCCCNC(=O)[C@@H](C)N(Cc1ccccc1C)C(=O)COc1ccc(Cl)cc1. The van der Waals surface area contributed by atoms with Crippen molar-refractivity contribution in [2.75, 3.05) is 13.2 Å². The predicted molar refractivity (Wildman–Crippen MR) is 116 cm³/mol. The van der Waals surface area contributed by atoms with Gasteiger partial charge in [0.15, 0.2) is 6.61 Å². The Bertz CT molecular complexity index is 808. The van der Waals surface area contributed by atoms with Crippen molar-refractivity contribution in [3.63, 3.8) is 0 Å². The first-order valence-corrected chi connectivity index (χ1v) is 10.3. The number of hydrogen-bond donors (Lipinski definition) is 1. The first-order valence-electron chi connectivity index (χ1n) is 9.92. The van der Waals surface area contributed by atoms with Gasteiger partial charge in [0.1, 0.15) is 11.8 Å². The Morgan fingerprint density at radius 3 is 2.48 bits per heavy atom. The Hall–Kier alpha value is -2.53. The monoisotopic (exact) mass is 416 g/mol. The number of carbonyl (C=O) groups excluding carboxylic acids is 2. The average Bonchev–Trinajstić information content (AvgIpc) is 2.72. The minimum Gasteiger partial charge on any atom is -0.484 e. The van der Waals surface area contributed by atoms with Crippen LogP contribution in [0.5, 0.6) is 5.75 Å². The molecule has 1 N–H and O–H groups in total. The number of unbranched alkanes of at least 4 members (excludes halogenated alkanes) is 1. The lowest BCUT2D eigenvalue weighted by Gasteiger charge is -2.29. The second-order valence-corrected chi connectivity index (χ2v) is 7.45. The highest BCUT2D eigenvalue weighted by Gasteiger charge is 2.26. The molecular weight excluding hydrogens is 388 g/mol. The van der Waals surface area contributed by atoms with Gasteiger partial charge < -0.3 is 15.0 Å². The summed E-state index contributed by atoms with van der Waals surface area (Å²) in [5.41, 5.74) is 2.07. The van der Waals surface area contributed by atoms with Crippen LogP contribution in [0.2, 0.25) is 5.02 Å². The lowest BCUT2D eigenvalue weighted by molar-refractivity contribution is -0.142. The molecule has 0 aliphatic carbocycles. The zero-order valence-electron chi connectivity index (χ0n) is 17.3. The van der Waals surface area contributed by atoms with E-state index in [9.17, 15) is 9.59 Å². The molecule has 0 spiro atoms. The van der Waals surface area contributed by atoms with Gasteiger partial charge in [0.2, 0.25) is 5.91 Å². The van der Waals surface area contributed by atoms with E-state index in [1.54, 1.807) is 36.1 Å². The van der Waals surface area contributed by atoms with Crippen LogP contribution in [0, 0.1) is 6.92 Å². The first kappa shape index (κ1) is 22.8. The second-order valence-electron chi connectivity index (χ2n) is 7.01. The molecule has 0 bridgehead atoms. The van der Waals surface area contributed by atoms with E-state index in [2.05, 4.69) is 12.2 Å². The minimum atomic E-state index is -0.604. The molecule has 2 amide bonds. The number of halogens is 1. The van der Waals surface area contributed by atoms with Gasteiger partial charge >= 0.3 is 0 Å². The summed E-state index contributed by atoms with van der Waals surface area (Å²) in [5.74, 6) is 0.145. The van der Waals surface area contributed by atoms with Gasteiger partial charge in [0, 0.05) is 18.1 Å². The molecule has 0 unspecified atom stereocenters. The van der Waals surface area contributed by atoms with E-state index in [1.165, 1.54) is 0 Å². The lowest BCUT2D eigenvalue weighted by atomic mass is 10.1. The van der Waals surface area contributed by atoms with Crippen LogP contribution in [0.4, 0.5) is 0 Å². The summed E-state index contributed by atoms with van der Waals surface area (Å²) in [6.07, 6.45) is 1.90. The third-order valence-corrected chi connectivity index (χ3v) is 5.03. The quantitative estimate of drug-likeness (QED) is 0.585. The van der Waals surface area contributed by atoms with Crippen LogP contribution >= 0.6 is 11.6 Å². The van der Waals surface area contributed by atoms with Crippen LogP contribution in [0.3, 0.4) is 0 Å². The van der Waals surface area contributed by atoms with Crippen molar-refractivity contribution < 1.29 is 14.3 Å². The standard InChI is InChI=1S/C23H29ClN2O3/c1-4-5-14-25-23(28)18(3)26(15-19-9-7-6-8-17(19)2)22(27)16-29-21-12-10-20(24)11-13-21/h6-13,18H,4-5,14-16H2,1-3H3,(H,25,28)/t18-/m1/s1. The molecule has 0 aromatic heterocycles. The van der Waals surface area contributed by atoms with E-state index in [0.29, 0.717) is 23.9 Å². The molecular formula is C23H29ClN2O3. The van der Waals surface area contributed by atoms with E-state index >= 15 is 0 Å². The maximum absolute atomic E-state index is 13.0. The number of rotatable bonds is 10. The van der Waals surface area contributed by atoms with E-state index in [4.69, 9.17) is 16.3 Å². The fraction of sp³-hybridized carbons (Fsp3) is 0.391. The number of amides is 2. The van der Waals surface area contributed by atoms with Crippen molar-refractivity contribution in [1.82, 2.24) is 10.2 Å². The number of nitrogens with zero attached hydrogens (tertiary/aromatic N) is 1. The predicted octanol–water partition coefficient (Wildman–Crippen LogP) is 4.36. The summed E-state index contributed by atoms with van der Waals surface area (Å²) in [4.78, 5) is 27.1. The Morgan fingerprint density at radius 2 is 1.83 bits per heavy atom. The van der Waals surface area contributed by atoms with Crippen molar-refractivity contribution >= 4 is 23.4 Å².